The van der Waals surface area contributed by atoms with E-state index >= 15 is 0 Å². The van der Waals surface area contributed by atoms with Crippen molar-refractivity contribution in [1.29, 1.82) is 0 Å². The average molecular weight is 236 g/mol. The first kappa shape index (κ1) is 11.0. The monoisotopic (exact) mass is 236 g/mol. The van der Waals surface area contributed by atoms with E-state index in [1.54, 1.807) is 0 Å². The third kappa shape index (κ3) is 1.61. The largest absolute Gasteiger partial charge is 0.398 e. The number of rotatable bonds is 1. The van der Waals surface area contributed by atoms with Crippen molar-refractivity contribution in [3.05, 3.63) is 47.5 Å². The minimum Gasteiger partial charge on any atom is -0.398 e. The third-order valence-electron chi connectivity index (χ3n) is 3.18. The lowest BCUT2D eigenvalue weighted by molar-refractivity contribution is 0.838. The predicted molar refractivity (Wildman–Crippen MR) is 79.1 cm³/mol. The quantitative estimate of drug-likeness (QED) is 0.754. The second-order valence-corrected chi connectivity index (χ2v) is 4.92. The van der Waals surface area contributed by atoms with Crippen LogP contribution in [-0.2, 0) is 0 Å². The second-order valence-electron chi connectivity index (χ2n) is 4.92. The molecule has 0 bridgehead atoms. The van der Waals surface area contributed by atoms with Crippen molar-refractivity contribution in [1.82, 2.24) is 0 Å². The van der Waals surface area contributed by atoms with Crippen molar-refractivity contribution in [2.75, 3.05) is 5.73 Å². The van der Waals surface area contributed by atoms with Crippen LogP contribution in [0.4, 0.5) is 5.69 Å². The molecule has 0 unspecified atom stereocenters. The Morgan fingerprint density at radius 3 is 2.67 bits per heavy atom. The number of nitrogen functional groups attached to an aromatic ring is 1. The molecular weight excluding hydrogens is 220 g/mol. The molecule has 0 aliphatic heterocycles. The summed E-state index contributed by atoms with van der Waals surface area (Å²) in [5, 5.41) is 2.44. The van der Waals surface area contributed by atoms with Crippen molar-refractivity contribution in [3.63, 3.8) is 0 Å². The average Bonchev–Trinajstić information content (AvgIpc) is 2.34. The summed E-state index contributed by atoms with van der Waals surface area (Å²) in [7, 11) is 0. The molecular formula is C16H16N2. The second kappa shape index (κ2) is 3.98. The molecule has 2 N–H and O–H groups in total. The number of aliphatic imine (C=N–C) groups is 1. The van der Waals surface area contributed by atoms with Gasteiger partial charge in [0.2, 0.25) is 0 Å². The molecule has 2 nitrogen and oxygen atoms in total. The van der Waals surface area contributed by atoms with Crippen molar-refractivity contribution in [2.24, 2.45) is 4.99 Å². The highest BCUT2D eigenvalue weighted by Gasteiger charge is 2.16. The highest BCUT2D eigenvalue weighted by Crippen LogP contribution is 2.32. The SMILES string of the molecule is CC(C)N=C1C=Cc2cccc3ccc(N)c1c23. The van der Waals surface area contributed by atoms with Crippen LogP contribution in [0.5, 0.6) is 0 Å². The normalized spacial score (nSPS) is 15.8. The summed E-state index contributed by atoms with van der Waals surface area (Å²) in [6.07, 6.45) is 4.18. The number of hydrogen-bond acceptors (Lipinski definition) is 2. The Kier molecular flexibility index (Phi) is 2.44. The lowest BCUT2D eigenvalue weighted by Gasteiger charge is -2.17. The zero-order valence-electron chi connectivity index (χ0n) is 10.6. The van der Waals surface area contributed by atoms with Crippen molar-refractivity contribution in [2.45, 2.75) is 19.9 Å². The van der Waals surface area contributed by atoms with Crippen LogP contribution in [-0.4, -0.2) is 11.8 Å². The van der Waals surface area contributed by atoms with Gasteiger partial charge in [-0.1, -0.05) is 30.3 Å². The molecule has 18 heavy (non-hydrogen) atoms. The van der Waals surface area contributed by atoms with Crippen LogP contribution in [0.2, 0.25) is 0 Å². The Labute approximate surface area is 107 Å². The molecule has 3 rings (SSSR count). The Hall–Kier alpha value is -2.09. The van der Waals surface area contributed by atoms with E-state index in [2.05, 4.69) is 55.3 Å². The molecule has 0 spiro atoms. The van der Waals surface area contributed by atoms with E-state index in [1.807, 2.05) is 6.07 Å². The third-order valence-corrected chi connectivity index (χ3v) is 3.18. The van der Waals surface area contributed by atoms with Crippen LogP contribution in [0.3, 0.4) is 0 Å². The molecule has 90 valence electrons. The topological polar surface area (TPSA) is 38.4 Å². The van der Waals surface area contributed by atoms with E-state index in [1.165, 1.54) is 16.3 Å². The summed E-state index contributed by atoms with van der Waals surface area (Å²) in [6.45, 7) is 4.16. The van der Waals surface area contributed by atoms with Crippen LogP contribution in [0, 0.1) is 0 Å². The molecule has 2 aromatic carbocycles. The maximum atomic E-state index is 6.15. The summed E-state index contributed by atoms with van der Waals surface area (Å²) < 4.78 is 0. The van der Waals surface area contributed by atoms with Gasteiger partial charge in [-0.05, 0) is 36.9 Å². The molecule has 2 aromatic rings. The molecule has 0 amide bonds. The van der Waals surface area contributed by atoms with Crippen molar-refractivity contribution >= 4 is 28.2 Å². The first-order valence-corrected chi connectivity index (χ1v) is 6.24. The highest BCUT2D eigenvalue weighted by atomic mass is 14.8. The zero-order chi connectivity index (χ0) is 12.7. The van der Waals surface area contributed by atoms with Crippen molar-refractivity contribution < 1.29 is 0 Å². The van der Waals surface area contributed by atoms with Gasteiger partial charge in [0.15, 0.2) is 0 Å². The summed E-state index contributed by atoms with van der Waals surface area (Å²) in [5.74, 6) is 0. The van der Waals surface area contributed by atoms with E-state index in [0.29, 0.717) is 0 Å². The Bertz CT molecular complexity index is 679. The first-order chi connectivity index (χ1) is 8.66. The minimum absolute atomic E-state index is 0.268. The molecule has 1 aliphatic carbocycles. The van der Waals surface area contributed by atoms with Gasteiger partial charge in [-0.25, -0.2) is 0 Å². The van der Waals surface area contributed by atoms with Gasteiger partial charge >= 0.3 is 0 Å². The molecule has 0 aromatic heterocycles. The van der Waals surface area contributed by atoms with E-state index in [4.69, 9.17) is 5.73 Å². The van der Waals surface area contributed by atoms with Gasteiger partial charge in [0.05, 0.1) is 5.71 Å². The molecule has 0 saturated heterocycles. The molecule has 0 radical (unpaired) electrons. The zero-order valence-corrected chi connectivity index (χ0v) is 10.6. The number of benzene rings is 2. The van der Waals surface area contributed by atoms with Crippen LogP contribution >= 0.6 is 0 Å². The smallest absolute Gasteiger partial charge is 0.0677 e. The van der Waals surface area contributed by atoms with E-state index in [0.717, 1.165) is 17.0 Å². The van der Waals surface area contributed by atoms with Crippen molar-refractivity contribution in [3.8, 4) is 0 Å². The summed E-state index contributed by atoms with van der Waals surface area (Å²) in [5.41, 5.74) is 10.3. The fourth-order valence-electron chi connectivity index (χ4n) is 2.48. The summed E-state index contributed by atoms with van der Waals surface area (Å²) >= 11 is 0. The van der Waals surface area contributed by atoms with Crippen LogP contribution in [0.1, 0.15) is 25.0 Å². The molecule has 2 heteroatoms. The molecule has 0 atom stereocenters. The van der Waals surface area contributed by atoms with Gasteiger partial charge < -0.3 is 5.73 Å². The van der Waals surface area contributed by atoms with Gasteiger partial charge in [-0.2, -0.15) is 0 Å². The van der Waals surface area contributed by atoms with E-state index < -0.39 is 0 Å². The van der Waals surface area contributed by atoms with Gasteiger partial charge in [0.25, 0.3) is 0 Å². The Morgan fingerprint density at radius 2 is 1.89 bits per heavy atom. The fraction of sp³-hybridized carbons (Fsp3) is 0.188. The number of nitrogens with zero attached hydrogens (tertiary/aromatic N) is 1. The van der Waals surface area contributed by atoms with Gasteiger partial charge in [0.1, 0.15) is 0 Å². The fourth-order valence-corrected chi connectivity index (χ4v) is 2.48. The van der Waals surface area contributed by atoms with Crippen LogP contribution in [0.25, 0.3) is 16.8 Å². The highest BCUT2D eigenvalue weighted by molar-refractivity contribution is 6.25. The summed E-state index contributed by atoms with van der Waals surface area (Å²) in [4.78, 5) is 4.67. The number of hydrogen-bond donors (Lipinski definition) is 1. The lowest BCUT2D eigenvalue weighted by Crippen LogP contribution is -2.09. The predicted octanol–water partition coefficient (Wildman–Crippen LogP) is 3.65. The number of anilines is 1. The Balaban J connectivity index is 2.40. The van der Waals surface area contributed by atoms with Gasteiger partial charge in [0, 0.05) is 22.7 Å². The molecule has 1 aliphatic rings. The van der Waals surface area contributed by atoms with Crippen LogP contribution < -0.4 is 5.73 Å². The lowest BCUT2D eigenvalue weighted by atomic mass is 9.90. The number of allylic oxidation sites excluding steroid dienone is 1. The Morgan fingerprint density at radius 1 is 1.06 bits per heavy atom. The molecule has 0 fully saturated rings. The van der Waals surface area contributed by atoms with E-state index in [-0.39, 0.29) is 6.04 Å². The first-order valence-electron chi connectivity index (χ1n) is 6.24. The van der Waals surface area contributed by atoms with Crippen LogP contribution in [0.15, 0.2) is 41.4 Å². The summed E-state index contributed by atoms with van der Waals surface area (Å²) in [6, 6.07) is 10.6. The molecule has 0 saturated carbocycles. The maximum Gasteiger partial charge on any atom is 0.0677 e. The van der Waals surface area contributed by atoms with Gasteiger partial charge in [-0.15, -0.1) is 0 Å². The molecule has 0 heterocycles. The maximum absolute atomic E-state index is 6.15. The number of nitrogens with two attached hydrogens (primary N) is 1. The van der Waals surface area contributed by atoms with E-state index in [9.17, 15) is 0 Å². The minimum atomic E-state index is 0.268. The van der Waals surface area contributed by atoms with Gasteiger partial charge in [-0.3, -0.25) is 4.99 Å². The standard InChI is InChI=1S/C16H16N2/c1-10(2)18-14-9-7-12-5-3-4-11-6-8-13(17)16(14)15(11)12/h3-10H,17H2,1-2H3.